The molecule has 1 aliphatic heterocycles. The lowest BCUT2D eigenvalue weighted by atomic mass is 10.2. The molecule has 0 unspecified atom stereocenters. The number of amides is 2. The number of nitrogens with two attached hydrogens (primary N) is 1. The Hall–Kier alpha value is -2.24. The van der Waals surface area contributed by atoms with Crippen LogP contribution in [0.4, 0.5) is 5.69 Å². The summed E-state index contributed by atoms with van der Waals surface area (Å²) in [4.78, 5) is 30.1. The van der Waals surface area contributed by atoms with E-state index in [0.29, 0.717) is 10.7 Å². The van der Waals surface area contributed by atoms with E-state index in [1.807, 2.05) is 23.5 Å². The Bertz CT molecular complexity index is 704. The van der Waals surface area contributed by atoms with E-state index in [1.165, 1.54) is 4.90 Å². The lowest BCUT2D eigenvalue weighted by Crippen LogP contribution is -2.92. The topological polar surface area (TPSA) is 66.9 Å². The molecule has 2 amide bonds. The second-order valence-electron chi connectivity index (χ2n) is 5.45. The Morgan fingerprint density at radius 1 is 1.17 bits per heavy atom. The molecule has 1 saturated heterocycles. The van der Waals surface area contributed by atoms with Crippen LogP contribution in [0.25, 0.3) is 0 Å². The Balaban J connectivity index is 1.61. The molecule has 0 aliphatic carbocycles. The molecule has 2 heterocycles. The number of rotatable bonds is 5. The van der Waals surface area contributed by atoms with Gasteiger partial charge in [0.2, 0.25) is 5.91 Å². The normalized spacial score (nSPS) is 17.8. The van der Waals surface area contributed by atoms with Gasteiger partial charge < -0.3 is 5.32 Å². The number of pyridine rings is 1. The molecule has 2 aromatic rings. The summed E-state index contributed by atoms with van der Waals surface area (Å²) >= 11 is 5.85. The van der Waals surface area contributed by atoms with Gasteiger partial charge in [-0.3, -0.25) is 14.6 Å². The molecular formula is C17H17ClN3O2+. The molecule has 1 aromatic heterocycles. The maximum absolute atomic E-state index is 12.5. The number of imide groups is 1. The summed E-state index contributed by atoms with van der Waals surface area (Å²) in [7, 11) is 0. The van der Waals surface area contributed by atoms with Crippen molar-refractivity contribution in [1.82, 2.24) is 4.98 Å². The third-order valence-electron chi connectivity index (χ3n) is 3.84. The van der Waals surface area contributed by atoms with E-state index in [0.717, 1.165) is 18.7 Å². The zero-order valence-corrected chi connectivity index (χ0v) is 13.2. The number of aromatic nitrogens is 1. The van der Waals surface area contributed by atoms with Gasteiger partial charge in [-0.05, 0) is 36.4 Å². The Morgan fingerprint density at radius 3 is 2.65 bits per heavy atom. The molecule has 0 saturated carbocycles. The van der Waals surface area contributed by atoms with E-state index < -0.39 is 0 Å². The monoisotopic (exact) mass is 330 g/mol. The standard InChI is InChI=1S/C17H16ClN3O2/c18-12-4-6-14(7-5-12)21-16(22)11-15(17(21)23)20-10-8-13-3-1-2-9-19-13/h1-7,9,15,20H,8,10-11H2/p+1/t15-/m1/s1. The average Bonchev–Trinajstić information content (AvgIpc) is 2.84. The maximum Gasteiger partial charge on any atom is 0.292 e. The minimum Gasteiger partial charge on any atom is -0.335 e. The number of carbonyl (C=O) groups excluding carboxylic acids is 2. The molecule has 5 nitrogen and oxygen atoms in total. The summed E-state index contributed by atoms with van der Waals surface area (Å²) in [6.07, 6.45) is 2.74. The number of carbonyl (C=O) groups is 2. The molecule has 0 spiro atoms. The summed E-state index contributed by atoms with van der Waals surface area (Å²) in [5.41, 5.74) is 1.56. The molecule has 2 N–H and O–H groups in total. The summed E-state index contributed by atoms with van der Waals surface area (Å²) < 4.78 is 0. The number of halogens is 1. The fraction of sp³-hybridized carbons (Fsp3) is 0.235. The van der Waals surface area contributed by atoms with Crippen LogP contribution in [0.1, 0.15) is 12.1 Å². The van der Waals surface area contributed by atoms with E-state index in [1.54, 1.807) is 30.5 Å². The smallest absolute Gasteiger partial charge is 0.292 e. The molecular weight excluding hydrogens is 314 g/mol. The van der Waals surface area contributed by atoms with Crippen molar-refractivity contribution in [3.8, 4) is 0 Å². The van der Waals surface area contributed by atoms with Gasteiger partial charge in [0.05, 0.1) is 18.7 Å². The van der Waals surface area contributed by atoms with Crippen LogP contribution in [-0.2, 0) is 16.0 Å². The first kappa shape index (κ1) is 15.6. The molecule has 0 bridgehead atoms. The van der Waals surface area contributed by atoms with E-state index in [-0.39, 0.29) is 24.3 Å². The first-order valence-corrected chi connectivity index (χ1v) is 7.88. The number of hydrogen-bond acceptors (Lipinski definition) is 3. The summed E-state index contributed by atoms with van der Waals surface area (Å²) in [6.45, 7) is 0.717. The average molecular weight is 331 g/mol. The lowest BCUT2D eigenvalue weighted by Gasteiger charge is -2.14. The fourth-order valence-corrected chi connectivity index (χ4v) is 2.81. The molecule has 6 heteroatoms. The molecule has 1 aliphatic rings. The summed E-state index contributed by atoms with van der Waals surface area (Å²) in [5, 5.41) is 2.50. The third kappa shape index (κ3) is 3.57. The summed E-state index contributed by atoms with van der Waals surface area (Å²) in [5.74, 6) is -0.338. The van der Waals surface area contributed by atoms with Crippen LogP contribution in [0, 0.1) is 0 Å². The van der Waals surface area contributed by atoms with Crippen molar-refractivity contribution < 1.29 is 14.9 Å². The largest absolute Gasteiger partial charge is 0.335 e. The van der Waals surface area contributed by atoms with Gasteiger partial charge in [-0.15, -0.1) is 0 Å². The predicted octanol–water partition coefficient (Wildman–Crippen LogP) is 1.17. The SMILES string of the molecule is O=C1C[C@@H]([NH2+]CCc2ccccn2)C(=O)N1c1ccc(Cl)cc1. The molecule has 118 valence electrons. The second kappa shape index (κ2) is 6.89. The van der Waals surface area contributed by atoms with Crippen LogP contribution in [0.15, 0.2) is 48.7 Å². The van der Waals surface area contributed by atoms with Gasteiger partial charge in [0, 0.05) is 23.3 Å². The first-order chi connectivity index (χ1) is 11.1. The highest BCUT2D eigenvalue weighted by Gasteiger charge is 2.41. The zero-order chi connectivity index (χ0) is 16.2. The zero-order valence-electron chi connectivity index (χ0n) is 12.5. The van der Waals surface area contributed by atoms with Crippen LogP contribution in [0.3, 0.4) is 0 Å². The number of quaternary nitrogens is 1. The van der Waals surface area contributed by atoms with Crippen LogP contribution in [0.2, 0.25) is 5.02 Å². The van der Waals surface area contributed by atoms with Gasteiger partial charge in [0.25, 0.3) is 5.91 Å². The van der Waals surface area contributed by atoms with Crippen molar-refractivity contribution in [2.45, 2.75) is 18.9 Å². The quantitative estimate of drug-likeness (QED) is 0.837. The fourth-order valence-electron chi connectivity index (χ4n) is 2.68. The van der Waals surface area contributed by atoms with Crippen LogP contribution in [0.5, 0.6) is 0 Å². The van der Waals surface area contributed by atoms with Crippen molar-refractivity contribution in [3.05, 3.63) is 59.4 Å². The van der Waals surface area contributed by atoms with Crippen molar-refractivity contribution in [3.63, 3.8) is 0 Å². The number of benzene rings is 1. The number of nitrogens with zero attached hydrogens (tertiary/aromatic N) is 2. The third-order valence-corrected chi connectivity index (χ3v) is 4.10. The van der Waals surface area contributed by atoms with Gasteiger partial charge >= 0.3 is 0 Å². The highest BCUT2D eigenvalue weighted by Crippen LogP contribution is 2.23. The van der Waals surface area contributed by atoms with Crippen LogP contribution < -0.4 is 10.2 Å². The van der Waals surface area contributed by atoms with E-state index in [9.17, 15) is 9.59 Å². The lowest BCUT2D eigenvalue weighted by molar-refractivity contribution is -0.674. The number of anilines is 1. The molecule has 1 atom stereocenters. The van der Waals surface area contributed by atoms with Gasteiger partial charge in [0.15, 0.2) is 6.04 Å². The highest BCUT2D eigenvalue weighted by molar-refractivity contribution is 6.30. The Kier molecular flexibility index (Phi) is 4.69. The molecule has 0 radical (unpaired) electrons. The summed E-state index contributed by atoms with van der Waals surface area (Å²) in [6, 6.07) is 12.1. The van der Waals surface area contributed by atoms with Crippen molar-refractivity contribution in [1.29, 1.82) is 0 Å². The van der Waals surface area contributed by atoms with Crippen LogP contribution >= 0.6 is 11.6 Å². The Labute approximate surface area is 139 Å². The van der Waals surface area contributed by atoms with Gasteiger partial charge in [-0.1, -0.05) is 17.7 Å². The van der Waals surface area contributed by atoms with E-state index >= 15 is 0 Å². The first-order valence-electron chi connectivity index (χ1n) is 7.51. The Morgan fingerprint density at radius 2 is 1.96 bits per heavy atom. The minimum absolute atomic E-state index is 0.168. The maximum atomic E-state index is 12.5. The molecule has 3 rings (SSSR count). The van der Waals surface area contributed by atoms with E-state index in [2.05, 4.69) is 4.98 Å². The number of hydrogen-bond donors (Lipinski definition) is 1. The van der Waals surface area contributed by atoms with Gasteiger partial charge in [-0.25, -0.2) is 4.90 Å². The van der Waals surface area contributed by atoms with Gasteiger partial charge in [-0.2, -0.15) is 0 Å². The van der Waals surface area contributed by atoms with E-state index in [4.69, 9.17) is 11.6 Å². The molecule has 1 aromatic carbocycles. The minimum atomic E-state index is -0.359. The molecule has 23 heavy (non-hydrogen) atoms. The second-order valence-corrected chi connectivity index (χ2v) is 5.89. The van der Waals surface area contributed by atoms with Crippen molar-refractivity contribution >= 4 is 29.1 Å². The molecule has 1 fully saturated rings. The van der Waals surface area contributed by atoms with Gasteiger partial charge in [0.1, 0.15) is 0 Å². The van der Waals surface area contributed by atoms with Crippen molar-refractivity contribution in [2.75, 3.05) is 11.4 Å². The van der Waals surface area contributed by atoms with Crippen molar-refractivity contribution in [2.24, 2.45) is 0 Å². The van der Waals surface area contributed by atoms with Crippen LogP contribution in [-0.4, -0.2) is 29.4 Å². The predicted molar refractivity (Wildman–Crippen MR) is 87.1 cm³/mol. The highest BCUT2D eigenvalue weighted by atomic mass is 35.5.